The Bertz CT molecular complexity index is 421. The van der Waals surface area contributed by atoms with Gasteiger partial charge in [0.05, 0.1) is 13.1 Å². The summed E-state index contributed by atoms with van der Waals surface area (Å²) in [5.41, 5.74) is 0. The van der Waals surface area contributed by atoms with Crippen LogP contribution in [0.1, 0.15) is 0 Å². The zero-order chi connectivity index (χ0) is 12.9. The highest BCUT2D eigenvalue weighted by atomic mass is 16.2. The van der Waals surface area contributed by atoms with Crippen molar-refractivity contribution in [3.05, 3.63) is 0 Å². The van der Waals surface area contributed by atoms with Crippen molar-refractivity contribution < 1.29 is 19.2 Å². The Morgan fingerprint density at radius 1 is 0.778 bits per heavy atom. The second kappa shape index (κ2) is 3.85. The van der Waals surface area contributed by atoms with Crippen LogP contribution in [0, 0.1) is 0 Å². The molecular formula is C10H12N4O4. The molecule has 2 N–H and O–H groups in total. The quantitative estimate of drug-likeness (QED) is 0.437. The maximum Gasteiger partial charge on any atom is 0.246 e. The van der Waals surface area contributed by atoms with Crippen molar-refractivity contribution in [3.8, 4) is 0 Å². The van der Waals surface area contributed by atoms with Crippen molar-refractivity contribution >= 4 is 23.6 Å². The standard InChI is InChI=1S/C10H12N4O4/c15-5-3-13-1-2-14-4-6(16)12-10(18)8(14)7(13)9(17)11-5/h7-8H,1-4H2,(H,11,15,17)(H,12,16,18)/t7-,8?/m1/s1. The van der Waals surface area contributed by atoms with Gasteiger partial charge >= 0.3 is 0 Å². The molecule has 1 unspecified atom stereocenters. The molecule has 0 spiro atoms. The number of rotatable bonds is 0. The minimum Gasteiger partial charge on any atom is -0.294 e. The third-order valence-electron chi connectivity index (χ3n) is 3.52. The van der Waals surface area contributed by atoms with Crippen LogP contribution < -0.4 is 10.6 Å². The summed E-state index contributed by atoms with van der Waals surface area (Å²) in [6.07, 6.45) is 0. The van der Waals surface area contributed by atoms with E-state index >= 15 is 0 Å². The van der Waals surface area contributed by atoms with Crippen molar-refractivity contribution in [3.63, 3.8) is 0 Å². The Morgan fingerprint density at radius 2 is 1.17 bits per heavy atom. The molecule has 4 amide bonds. The van der Waals surface area contributed by atoms with Gasteiger partial charge in [0.2, 0.25) is 23.6 Å². The third kappa shape index (κ3) is 1.61. The minimum atomic E-state index is -0.690. The SMILES string of the molecule is O=C1CN2CCN3CC(=O)NC(=O)[C@H]3C2C(=O)N1. The van der Waals surface area contributed by atoms with E-state index in [1.807, 2.05) is 0 Å². The summed E-state index contributed by atoms with van der Waals surface area (Å²) in [6, 6.07) is -1.38. The van der Waals surface area contributed by atoms with Crippen LogP contribution in [0.5, 0.6) is 0 Å². The van der Waals surface area contributed by atoms with Crippen LogP contribution in [0.15, 0.2) is 0 Å². The van der Waals surface area contributed by atoms with Gasteiger partial charge in [-0.15, -0.1) is 0 Å². The van der Waals surface area contributed by atoms with Crippen LogP contribution >= 0.6 is 0 Å². The molecule has 0 aromatic rings. The highest BCUT2D eigenvalue weighted by Gasteiger charge is 2.50. The van der Waals surface area contributed by atoms with Crippen molar-refractivity contribution in [1.29, 1.82) is 0 Å². The van der Waals surface area contributed by atoms with Crippen LogP contribution in [0.4, 0.5) is 0 Å². The van der Waals surface area contributed by atoms with Crippen LogP contribution in [-0.4, -0.2) is 71.7 Å². The highest BCUT2D eigenvalue weighted by molar-refractivity contribution is 6.07. The number of amides is 4. The zero-order valence-corrected chi connectivity index (χ0v) is 9.51. The molecule has 3 aliphatic rings. The molecule has 3 fully saturated rings. The van der Waals surface area contributed by atoms with Gasteiger partial charge in [-0.1, -0.05) is 0 Å². The Hall–Kier alpha value is -1.80. The lowest BCUT2D eigenvalue weighted by atomic mass is 9.96. The molecule has 18 heavy (non-hydrogen) atoms. The average Bonchev–Trinajstić information content (AvgIpc) is 2.28. The lowest BCUT2D eigenvalue weighted by molar-refractivity contribution is -0.157. The summed E-state index contributed by atoms with van der Waals surface area (Å²) >= 11 is 0. The molecule has 0 aromatic carbocycles. The first-order chi connectivity index (χ1) is 8.56. The predicted octanol–water partition coefficient (Wildman–Crippen LogP) is -3.35. The number of hydrogen-bond donors (Lipinski definition) is 2. The first-order valence-corrected chi connectivity index (χ1v) is 5.72. The maximum absolute atomic E-state index is 11.9. The molecule has 8 nitrogen and oxygen atoms in total. The number of hydrogen-bond acceptors (Lipinski definition) is 6. The fourth-order valence-corrected chi connectivity index (χ4v) is 2.78. The minimum absolute atomic E-state index is 0.113. The second-order valence-electron chi connectivity index (χ2n) is 4.66. The highest BCUT2D eigenvalue weighted by Crippen LogP contribution is 2.21. The fourth-order valence-electron chi connectivity index (χ4n) is 2.78. The number of nitrogens with zero attached hydrogens (tertiary/aromatic N) is 2. The fraction of sp³-hybridized carbons (Fsp3) is 0.600. The Balaban J connectivity index is 1.91. The lowest BCUT2D eigenvalue weighted by Crippen LogP contribution is -2.75. The molecule has 0 aliphatic carbocycles. The molecule has 2 atom stereocenters. The summed E-state index contributed by atoms with van der Waals surface area (Å²) in [7, 11) is 0. The Kier molecular flexibility index (Phi) is 2.42. The molecule has 8 heteroatoms. The molecule has 0 radical (unpaired) electrons. The van der Waals surface area contributed by atoms with E-state index in [0.717, 1.165) is 0 Å². The van der Waals surface area contributed by atoms with Crippen molar-refractivity contribution in [2.24, 2.45) is 0 Å². The van der Waals surface area contributed by atoms with E-state index in [0.29, 0.717) is 13.1 Å². The van der Waals surface area contributed by atoms with Gasteiger partial charge in [0, 0.05) is 13.1 Å². The smallest absolute Gasteiger partial charge is 0.246 e. The topological polar surface area (TPSA) is 98.8 Å². The van der Waals surface area contributed by atoms with Gasteiger partial charge in [0.1, 0.15) is 12.1 Å². The molecule has 3 heterocycles. The van der Waals surface area contributed by atoms with Gasteiger partial charge in [-0.3, -0.25) is 39.6 Å². The summed E-state index contributed by atoms with van der Waals surface area (Å²) in [6.45, 7) is 1.23. The van der Waals surface area contributed by atoms with E-state index in [1.54, 1.807) is 9.80 Å². The van der Waals surface area contributed by atoms with Crippen LogP contribution in [-0.2, 0) is 19.2 Å². The van der Waals surface area contributed by atoms with Crippen molar-refractivity contribution in [1.82, 2.24) is 20.4 Å². The van der Waals surface area contributed by atoms with Gasteiger partial charge < -0.3 is 0 Å². The van der Waals surface area contributed by atoms with E-state index in [4.69, 9.17) is 0 Å². The number of carbonyl (C=O) groups excluding carboxylic acids is 4. The zero-order valence-electron chi connectivity index (χ0n) is 9.51. The number of imide groups is 2. The van der Waals surface area contributed by atoms with Crippen LogP contribution in [0.3, 0.4) is 0 Å². The molecule has 0 bridgehead atoms. The number of nitrogens with one attached hydrogen (secondary N) is 2. The molecule has 96 valence electrons. The summed E-state index contributed by atoms with van der Waals surface area (Å²) in [4.78, 5) is 49.7. The first-order valence-electron chi connectivity index (χ1n) is 5.72. The first kappa shape index (κ1) is 11.3. The van der Waals surface area contributed by atoms with E-state index in [1.165, 1.54) is 0 Å². The van der Waals surface area contributed by atoms with Gasteiger partial charge in [-0.25, -0.2) is 0 Å². The van der Waals surface area contributed by atoms with Crippen molar-refractivity contribution in [2.75, 3.05) is 26.2 Å². The molecule has 3 aliphatic heterocycles. The maximum atomic E-state index is 11.9. The third-order valence-corrected chi connectivity index (χ3v) is 3.52. The Labute approximate surface area is 102 Å². The van der Waals surface area contributed by atoms with Crippen LogP contribution in [0.2, 0.25) is 0 Å². The molecular weight excluding hydrogens is 240 g/mol. The predicted molar refractivity (Wildman–Crippen MR) is 57.0 cm³/mol. The monoisotopic (exact) mass is 252 g/mol. The van der Waals surface area contributed by atoms with E-state index < -0.39 is 23.9 Å². The Morgan fingerprint density at radius 3 is 1.56 bits per heavy atom. The largest absolute Gasteiger partial charge is 0.294 e. The number of fused-ring (bicyclic) bond motifs is 3. The summed E-state index contributed by atoms with van der Waals surface area (Å²) < 4.78 is 0. The molecule has 0 aromatic heterocycles. The van der Waals surface area contributed by atoms with Gasteiger partial charge in [-0.05, 0) is 0 Å². The van der Waals surface area contributed by atoms with Gasteiger partial charge in [-0.2, -0.15) is 0 Å². The van der Waals surface area contributed by atoms with Gasteiger partial charge in [0.25, 0.3) is 0 Å². The number of piperazine rings is 3. The number of carbonyl (C=O) groups is 4. The van der Waals surface area contributed by atoms with E-state index in [9.17, 15) is 19.2 Å². The van der Waals surface area contributed by atoms with Crippen molar-refractivity contribution in [2.45, 2.75) is 12.1 Å². The second-order valence-corrected chi connectivity index (χ2v) is 4.66. The normalized spacial score (nSPS) is 33.6. The summed E-state index contributed by atoms with van der Waals surface area (Å²) in [5, 5.41) is 4.46. The molecule has 3 rings (SSSR count). The van der Waals surface area contributed by atoms with E-state index in [-0.39, 0.29) is 24.9 Å². The van der Waals surface area contributed by atoms with Crippen LogP contribution in [0.25, 0.3) is 0 Å². The van der Waals surface area contributed by atoms with E-state index in [2.05, 4.69) is 10.6 Å². The average molecular weight is 252 g/mol. The summed E-state index contributed by atoms with van der Waals surface area (Å²) in [5.74, 6) is -1.63. The lowest BCUT2D eigenvalue weighted by Gasteiger charge is -2.48. The molecule has 3 saturated heterocycles. The molecule has 0 saturated carbocycles. The van der Waals surface area contributed by atoms with Gasteiger partial charge in [0.15, 0.2) is 0 Å².